The molecule has 8 heteroatoms. The molecule has 2 heterocycles. The molecule has 0 N–H and O–H groups in total. The third-order valence-electron chi connectivity index (χ3n) is 4.57. The number of imidazole rings is 1. The third-order valence-corrected chi connectivity index (χ3v) is 4.57. The summed E-state index contributed by atoms with van der Waals surface area (Å²) in [6.07, 6.45) is -2.14. The minimum Gasteiger partial charge on any atom is -0.334 e. The molecular formula is C18H18F4N4. The highest BCUT2D eigenvalue weighted by molar-refractivity contribution is 5.33. The van der Waals surface area contributed by atoms with Gasteiger partial charge in [0.2, 0.25) is 0 Å². The zero-order valence-electron chi connectivity index (χ0n) is 14.2. The SMILES string of the molecule is CN(Cc1cc(C#N)ccc1F)C[C@@H]1CCc2nc(C(F)(F)F)cn2C1. The summed E-state index contributed by atoms with van der Waals surface area (Å²) in [4.78, 5) is 5.61. The first kappa shape index (κ1) is 18.4. The summed E-state index contributed by atoms with van der Waals surface area (Å²) >= 11 is 0. The molecule has 0 saturated heterocycles. The quantitative estimate of drug-likeness (QED) is 0.777. The van der Waals surface area contributed by atoms with Crippen LogP contribution in [0.3, 0.4) is 0 Å². The summed E-state index contributed by atoms with van der Waals surface area (Å²) in [5.74, 6) is 0.250. The minimum atomic E-state index is -4.43. The molecule has 0 saturated carbocycles. The van der Waals surface area contributed by atoms with E-state index in [1.54, 1.807) is 4.57 Å². The smallest absolute Gasteiger partial charge is 0.334 e. The second kappa shape index (κ2) is 7.08. The van der Waals surface area contributed by atoms with Gasteiger partial charge in [-0.3, -0.25) is 0 Å². The van der Waals surface area contributed by atoms with Crippen molar-refractivity contribution in [1.29, 1.82) is 5.26 Å². The first-order valence-electron chi connectivity index (χ1n) is 8.26. The highest BCUT2D eigenvalue weighted by Crippen LogP contribution is 2.31. The monoisotopic (exact) mass is 366 g/mol. The molecule has 0 bridgehead atoms. The fraction of sp³-hybridized carbons (Fsp3) is 0.444. The summed E-state index contributed by atoms with van der Waals surface area (Å²) in [6, 6.07) is 6.22. The van der Waals surface area contributed by atoms with Crippen molar-refractivity contribution in [3.8, 4) is 6.07 Å². The van der Waals surface area contributed by atoms with Gasteiger partial charge in [-0.1, -0.05) is 0 Å². The van der Waals surface area contributed by atoms with Crippen molar-refractivity contribution < 1.29 is 17.6 Å². The van der Waals surface area contributed by atoms with Crippen molar-refractivity contribution in [2.45, 2.75) is 32.1 Å². The molecule has 0 amide bonds. The van der Waals surface area contributed by atoms with Gasteiger partial charge in [-0.25, -0.2) is 9.37 Å². The Morgan fingerprint density at radius 1 is 1.38 bits per heavy atom. The number of aromatic nitrogens is 2. The summed E-state index contributed by atoms with van der Waals surface area (Å²) in [6.45, 7) is 1.42. The fourth-order valence-corrected chi connectivity index (χ4v) is 3.36. The number of alkyl halides is 3. The molecule has 3 rings (SSSR count). The predicted octanol–water partition coefficient (Wildman–Crippen LogP) is 3.61. The van der Waals surface area contributed by atoms with Crippen LogP contribution in [-0.4, -0.2) is 28.0 Å². The Morgan fingerprint density at radius 3 is 2.85 bits per heavy atom. The van der Waals surface area contributed by atoms with Crippen LogP contribution >= 0.6 is 0 Å². The van der Waals surface area contributed by atoms with E-state index in [1.807, 2.05) is 18.0 Å². The van der Waals surface area contributed by atoms with Gasteiger partial charge in [-0.2, -0.15) is 18.4 Å². The summed E-state index contributed by atoms with van der Waals surface area (Å²) in [7, 11) is 1.84. The van der Waals surface area contributed by atoms with E-state index >= 15 is 0 Å². The molecule has 1 atom stereocenters. The standard InChI is InChI=1S/C18H18F4N4/c1-25(10-14-6-12(7-23)2-4-15(14)19)8-13-3-5-17-24-16(18(20,21)22)11-26(17)9-13/h2,4,6,11,13H,3,5,8-10H2,1H3/t13-/m0/s1. The summed E-state index contributed by atoms with van der Waals surface area (Å²) < 4.78 is 53.8. The number of halogens is 4. The molecule has 1 aliphatic rings. The van der Waals surface area contributed by atoms with Crippen LogP contribution in [0.4, 0.5) is 17.6 Å². The number of nitrogens with zero attached hydrogens (tertiary/aromatic N) is 4. The van der Waals surface area contributed by atoms with Gasteiger partial charge in [0.15, 0.2) is 5.69 Å². The Labute approximate surface area is 148 Å². The highest BCUT2D eigenvalue weighted by atomic mass is 19.4. The van der Waals surface area contributed by atoms with Gasteiger partial charge >= 0.3 is 6.18 Å². The van der Waals surface area contributed by atoms with Crippen LogP contribution in [0.15, 0.2) is 24.4 Å². The first-order chi connectivity index (χ1) is 12.3. The van der Waals surface area contributed by atoms with Gasteiger partial charge < -0.3 is 9.47 Å². The minimum absolute atomic E-state index is 0.157. The van der Waals surface area contributed by atoms with Crippen LogP contribution in [0.2, 0.25) is 0 Å². The molecule has 2 aromatic rings. The van der Waals surface area contributed by atoms with Crippen LogP contribution in [0.5, 0.6) is 0 Å². The van der Waals surface area contributed by atoms with Gasteiger partial charge in [0.05, 0.1) is 11.6 Å². The van der Waals surface area contributed by atoms with E-state index in [0.717, 1.165) is 12.6 Å². The van der Waals surface area contributed by atoms with E-state index < -0.39 is 11.9 Å². The number of hydrogen-bond acceptors (Lipinski definition) is 3. The molecule has 4 nitrogen and oxygen atoms in total. The molecule has 0 aliphatic carbocycles. The maximum absolute atomic E-state index is 13.9. The van der Waals surface area contributed by atoms with E-state index in [4.69, 9.17) is 5.26 Å². The van der Waals surface area contributed by atoms with Crippen molar-refractivity contribution >= 4 is 0 Å². The second-order valence-corrected chi connectivity index (χ2v) is 6.71. The number of aryl methyl sites for hydroxylation is 1. The average molecular weight is 366 g/mol. The van der Waals surface area contributed by atoms with E-state index in [-0.39, 0.29) is 11.7 Å². The second-order valence-electron chi connectivity index (χ2n) is 6.71. The van der Waals surface area contributed by atoms with Crippen molar-refractivity contribution in [3.63, 3.8) is 0 Å². The largest absolute Gasteiger partial charge is 0.434 e. The Morgan fingerprint density at radius 2 is 2.15 bits per heavy atom. The van der Waals surface area contributed by atoms with Crippen molar-refractivity contribution in [2.75, 3.05) is 13.6 Å². The maximum Gasteiger partial charge on any atom is 0.434 e. The first-order valence-corrected chi connectivity index (χ1v) is 8.26. The number of benzene rings is 1. The number of hydrogen-bond donors (Lipinski definition) is 0. The maximum atomic E-state index is 13.9. The normalized spacial score (nSPS) is 17.2. The Bertz CT molecular complexity index is 835. The van der Waals surface area contributed by atoms with Gasteiger partial charge in [0.1, 0.15) is 11.6 Å². The number of nitriles is 1. The Hall–Kier alpha value is -2.40. The van der Waals surface area contributed by atoms with E-state index in [2.05, 4.69) is 4.98 Å². The van der Waals surface area contributed by atoms with Gasteiger partial charge in [0.25, 0.3) is 0 Å². The van der Waals surface area contributed by atoms with Crippen LogP contribution < -0.4 is 0 Å². The Balaban J connectivity index is 1.63. The molecule has 1 aromatic carbocycles. The molecule has 0 fully saturated rings. The lowest BCUT2D eigenvalue weighted by molar-refractivity contribution is -0.141. The average Bonchev–Trinajstić information content (AvgIpc) is 3.00. The molecule has 1 aliphatic heterocycles. The summed E-state index contributed by atoms with van der Waals surface area (Å²) in [5.41, 5.74) is -0.0165. The summed E-state index contributed by atoms with van der Waals surface area (Å²) in [5, 5.41) is 8.93. The van der Waals surface area contributed by atoms with Crippen LogP contribution in [-0.2, 0) is 25.7 Å². The Kier molecular flexibility index (Phi) is 5.01. The topological polar surface area (TPSA) is 44.9 Å². The zero-order valence-corrected chi connectivity index (χ0v) is 14.2. The van der Waals surface area contributed by atoms with E-state index in [0.29, 0.717) is 43.0 Å². The van der Waals surface area contributed by atoms with Crippen molar-refractivity contribution in [2.24, 2.45) is 5.92 Å². The van der Waals surface area contributed by atoms with Gasteiger partial charge in [-0.15, -0.1) is 0 Å². The molecular weight excluding hydrogens is 348 g/mol. The molecule has 0 radical (unpaired) electrons. The molecule has 26 heavy (non-hydrogen) atoms. The lowest BCUT2D eigenvalue weighted by Crippen LogP contribution is -2.31. The zero-order chi connectivity index (χ0) is 18.9. The number of rotatable bonds is 4. The van der Waals surface area contributed by atoms with Gasteiger partial charge in [-0.05, 0) is 37.6 Å². The molecule has 0 spiro atoms. The predicted molar refractivity (Wildman–Crippen MR) is 86.5 cm³/mol. The lowest BCUT2D eigenvalue weighted by Gasteiger charge is -2.28. The van der Waals surface area contributed by atoms with Crippen molar-refractivity contribution in [1.82, 2.24) is 14.5 Å². The van der Waals surface area contributed by atoms with Crippen LogP contribution in [0.1, 0.15) is 29.1 Å². The van der Waals surface area contributed by atoms with Crippen molar-refractivity contribution in [3.05, 3.63) is 52.9 Å². The van der Waals surface area contributed by atoms with E-state index in [1.165, 1.54) is 18.2 Å². The third kappa shape index (κ3) is 4.05. The highest BCUT2D eigenvalue weighted by Gasteiger charge is 2.35. The molecule has 1 aromatic heterocycles. The number of fused-ring (bicyclic) bond motifs is 1. The van der Waals surface area contributed by atoms with Crippen LogP contribution in [0.25, 0.3) is 0 Å². The lowest BCUT2D eigenvalue weighted by atomic mass is 9.98. The molecule has 138 valence electrons. The molecule has 0 unspecified atom stereocenters. The van der Waals surface area contributed by atoms with Crippen LogP contribution in [0, 0.1) is 23.1 Å². The van der Waals surface area contributed by atoms with E-state index in [9.17, 15) is 17.6 Å². The van der Waals surface area contributed by atoms with Gasteiger partial charge in [0, 0.05) is 37.8 Å². The fourth-order valence-electron chi connectivity index (χ4n) is 3.36.